The lowest BCUT2D eigenvalue weighted by molar-refractivity contribution is -0.140. The van der Waals surface area contributed by atoms with Crippen molar-refractivity contribution < 1.29 is 9.32 Å². The zero-order chi connectivity index (χ0) is 18.3. The van der Waals surface area contributed by atoms with Crippen molar-refractivity contribution in [2.24, 2.45) is 5.41 Å². The number of hydrogen-bond donors (Lipinski definition) is 0. The Morgan fingerprint density at radius 3 is 2.74 bits per heavy atom. The number of piperidine rings is 2. The van der Waals surface area contributed by atoms with E-state index in [1.165, 1.54) is 63.5 Å². The minimum Gasteiger partial charge on any atom is -0.360 e. The predicted octanol–water partition coefficient (Wildman–Crippen LogP) is 4.09. The van der Waals surface area contributed by atoms with Crippen molar-refractivity contribution in [3.05, 3.63) is 17.5 Å². The number of hydrogen-bond acceptors (Lipinski definition) is 4. The Labute approximate surface area is 162 Å². The fraction of sp³-hybridized carbons (Fsp3) is 0.818. The van der Waals surface area contributed by atoms with Gasteiger partial charge in [0.2, 0.25) is 5.91 Å². The Bertz CT molecular complexity index is 677. The first-order chi connectivity index (χ1) is 13.2. The van der Waals surface area contributed by atoms with E-state index in [-0.39, 0.29) is 0 Å². The van der Waals surface area contributed by atoms with Crippen LogP contribution in [0.5, 0.6) is 0 Å². The second kappa shape index (κ2) is 7.23. The van der Waals surface area contributed by atoms with E-state index < -0.39 is 0 Å². The van der Waals surface area contributed by atoms with Crippen LogP contribution in [0, 0.1) is 5.41 Å². The standard InChI is InChI=1S/C22H33N3O2/c26-21-9-11-22(16-25(21)18-7-8-18)10-4-12-24(15-22)14-19-13-20(23-27-19)17-5-2-1-3-6-17/h13,17-18H,1-12,14-16H2. The molecule has 1 aromatic rings. The molecule has 148 valence electrons. The highest BCUT2D eigenvalue weighted by molar-refractivity contribution is 5.78. The smallest absolute Gasteiger partial charge is 0.222 e. The van der Waals surface area contributed by atoms with Crippen molar-refractivity contribution in [3.63, 3.8) is 0 Å². The van der Waals surface area contributed by atoms with E-state index in [1.807, 2.05) is 0 Å². The van der Waals surface area contributed by atoms with Crippen molar-refractivity contribution in [1.29, 1.82) is 0 Å². The van der Waals surface area contributed by atoms with Crippen LogP contribution in [0.25, 0.3) is 0 Å². The molecule has 5 nitrogen and oxygen atoms in total. The van der Waals surface area contributed by atoms with Gasteiger partial charge in [0.1, 0.15) is 0 Å². The molecule has 4 aliphatic rings. The van der Waals surface area contributed by atoms with E-state index in [2.05, 4.69) is 21.0 Å². The maximum absolute atomic E-state index is 12.3. The molecule has 0 N–H and O–H groups in total. The Morgan fingerprint density at radius 2 is 1.93 bits per heavy atom. The highest BCUT2D eigenvalue weighted by Gasteiger charge is 2.45. The van der Waals surface area contributed by atoms with E-state index in [9.17, 15) is 4.79 Å². The van der Waals surface area contributed by atoms with Crippen LogP contribution in [-0.2, 0) is 11.3 Å². The van der Waals surface area contributed by atoms with E-state index in [0.29, 0.717) is 23.3 Å². The summed E-state index contributed by atoms with van der Waals surface area (Å²) in [7, 11) is 0. The fourth-order valence-corrected chi connectivity index (χ4v) is 5.76. The Kier molecular flexibility index (Phi) is 4.75. The first-order valence-electron chi connectivity index (χ1n) is 11.2. The molecule has 3 heterocycles. The predicted molar refractivity (Wildman–Crippen MR) is 103 cm³/mol. The molecule has 2 aliphatic carbocycles. The minimum absolute atomic E-state index is 0.307. The third-order valence-electron chi connectivity index (χ3n) is 7.40. The summed E-state index contributed by atoms with van der Waals surface area (Å²) in [6.45, 7) is 4.09. The molecule has 0 bridgehead atoms. The van der Waals surface area contributed by atoms with Gasteiger partial charge in [0.15, 0.2) is 5.76 Å². The summed E-state index contributed by atoms with van der Waals surface area (Å²) < 4.78 is 5.73. The number of carbonyl (C=O) groups is 1. The molecule has 1 atom stereocenters. The maximum atomic E-state index is 12.3. The average molecular weight is 372 g/mol. The van der Waals surface area contributed by atoms with Crippen molar-refractivity contribution >= 4 is 5.91 Å². The normalized spacial score (nSPS) is 31.0. The zero-order valence-electron chi connectivity index (χ0n) is 16.5. The number of aromatic nitrogens is 1. The molecule has 1 amide bonds. The van der Waals surface area contributed by atoms with Crippen LogP contribution in [0.4, 0.5) is 0 Å². The van der Waals surface area contributed by atoms with Gasteiger partial charge in [0.05, 0.1) is 12.2 Å². The largest absolute Gasteiger partial charge is 0.360 e. The summed E-state index contributed by atoms with van der Waals surface area (Å²) >= 11 is 0. The molecular formula is C22H33N3O2. The molecule has 1 spiro atoms. The topological polar surface area (TPSA) is 49.6 Å². The lowest BCUT2D eigenvalue weighted by atomic mass is 9.73. The van der Waals surface area contributed by atoms with Crippen molar-refractivity contribution in [3.8, 4) is 0 Å². The average Bonchev–Trinajstić information content (AvgIpc) is 3.44. The van der Waals surface area contributed by atoms with Crippen LogP contribution in [0.3, 0.4) is 0 Å². The van der Waals surface area contributed by atoms with Crippen LogP contribution in [0.1, 0.15) is 88.0 Å². The van der Waals surface area contributed by atoms with Gasteiger partial charge in [-0.25, -0.2) is 0 Å². The summed E-state index contributed by atoms with van der Waals surface area (Å²) in [4.78, 5) is 17.1. The van der Waals surface area contributed by atoms with E-state index in [4.69, 9.17) is 4.52 Å². The van der Waals surface area contributed by atoms with Gasteiger partial charge in [-0.1, -0.05) is 24.4 Å². The summed E-state index contributed by atoms with van der Waals surface area (Å²) in [5.41, 5.74) is 1.49. The van der Waals surface area contributed by atoms with Crippen LogP contribution in [-0.4, -0.2) is 46.5 Å². The van der Waals surface area contributed by atoms with Gasteiger partial charge >= 0.3 is 0 Å². The minimum atomic E-state index is 0.307. The van der Waals surface area contributed by atoms with E-state index in [0.717, 1.165) is 44.8 Å². The molecule has 2 saturated carbocycles. The molecule has 2 aliphatic heterocycles. The summed E-state index contributed by atoms with van der Waals surface area (Å²) in [6.07, 6.45) is 13.3. The van der Waals surface area contributed by atoms with Gasteiger partial charge in [0, 0.05) is 43.0 Å². The zero-order valence-corrected chi connectivity index (χ0v) is 16.5. The second-order valence-electron chi connectivity index (χ2n) is 9.62. The highest BCUT2D eigenvalue weighted by atomic mass is 16.5. The molecule has 5 heteroatoms. The molecule has 1 unspecified atom stereocenters. The SMILES string of the molecule is O=C1CCC2(CCCN(Cc3cc(C4CCCCC4)no3)C2)CN1C1CC1. The Hall–Kier alpha value is -1.36. The summed E-state index contributed by atoms with van der Waals surface area (Å²) in [5, 5.41) is 4.41. The first kappa shape index (κ1) is 17.7. The van der Waals surface area contributed by atoms with E-state index in [1.54, 1.807) is 0 Å². The highest BCUT2D eigenvalue weighted by Crippen LogP contribution is 2.42. The third-order valence-corrected chi connectivity index (χ3v) is 7.40. The maximum Gasteiger partial charge on any atom is 0.222 e. The first-order valence-corrected chi connectivity index (χ1v) is 11.2. The molecule has 0 aromatic carbocycles. The quantitative estimate of drug-likeness (QED) is 0.800. The Morgan fingerprint density at radius 1 is 1.07 bits per heavy atom. The number of likely N-dealkylation sites (tertiary alicyclic amines) is 2. The molecule has 0 radical (unpaired) electrons. The van der Waals surface area contributed by atoms with Gasteiger partial charge in [-0.15, -0.1) is 0 Å². The monoisotopic (exact) mass is 371 g/mol. The third kappa shape index (κ3) is 3.80. The van der Waals surface area contributed by atoms with Crippen LogP contribution in [0.2, 0.25) is 0 Å². The number of rotatable bonds is 4. The molecule has 5 rings (SSSR count). The molecular weight excluding hydrogens is 338 g/mol. The number of carbonyl (C=O) groups excluding carboxylic acids is 1. The lowest BCUT2D eigenvalue weighted by Crippen LogP contribution is -2.54. The van der Waals surface area contributed by atoms with Crippen molar-refractivity contribution in [2.75, 3.05) is 19.6 Å². The van der Waals surface area contributed by atoms with Crippen molar-refractivity contribution in [2.45, 2.75) is 89.1 Å². The number of nitrogens with zero attached hydrogens (tertiary/aromatic N) is 3. The van der Waals surface area contributed by atoms with Gasteiger partial charge in [-0.3, -0.25) is 9.69 Å². The molecule has 1 aromatic heterocycles. The fourth-order valence-electron chi connectivity index (χ4n) is 5.76. The number of amides is 1. The van der Waals surface area contributed by atoms with E-state index >= 15 is 0 Å². The van der Waals surface area contributed by atoms with Gasteiger partial charge < -0.3 is 9.42 Å². The molecule has 27 heavy (non-hydrogen) atoms. The molecule has 4 fully saturated rings. The van der Waals surface area contributed by atoms with Crippen LogP contribution >= 0.6 is 0 Å². The van der Waals surface area contributed by atoms with Gasteiger partial charge in [-0.05, 0) is 51.5 Å². The Balaban J connectivity index is 1.22. The second-order valence-corrected chi connectivity index (χ2v) is 9.62. The van der Waals surface area contributed by atoms with Crippen molar-refractivity contribution in [1.82, 2.24) is 15.0 Å². The van der Waals surface area contributed by atoms with Crippen LogP contribution in [0.15, 0.2) is 10.6 Å². The van der Waals surface area contributed by atoms with Gasteiger partial charge in [-0.2, -0.15) is 0 Å². The van der Waals surface area contributed by atoms with Crippen LogP contribution < -0.4 is 0 Å². The summed E-state index contributed by atoms with van der Waals surface area (Å²) in [5.74, 6) is 2.03. The summed E-state index contributed by atoms with van der Waals surface area (Å²) in [6, 6.07) is 2.77. The van der Waals surface area contributed by atoms with Gasteiger partial charge in [0.25, 0.3) is 0 Å². The lowest BCUT2D eigenvalue weighted by Gasteiger charge is -2.48. The molecule has 2 saturated heterocycles.